The first-order valence-electron chi connectivity index (χ1n) is 3.27. The van der Waals surface area contributed by atoms with Crippen LogP contribution in [0.15, 0.2) is 18.5 Å². The maximum Gasteiger partial charge on any atom is 0.200 e. The first-order valence-corrected chi connectivity index (χ1v) is 3.27. The van der Waals surface area contributed by atoms with Crippen LogP contribution in [0.5, 0.6) is 0 Å². The molecule has 11 heavy (non-hydrogen) atoms. The average molecular weight is 146 g/mol. The van der Waals surface area contributed by atoms with Crippen molar-refractivity contribution in [2.24, 2.45) is 0 Å². The van der Waals surface area contributed by atoms with E-state index in [1.54, 1.807) is 12.4 Å². The van der Waals surface area contributed by atoms with Crippen LogP contribution in [0.4, 0.5) is 0 Å². The first kappa shape index (κ1) is 6.15. The lowest BCUT2D eigenvalue weighted by molar-refractivity contribution is 0.992. The van der Waals surface area contributed by atoms with Crippen molar-refractivity contribution in [3.05, 3.63) is 24.2 Å². The number of aryl methyl sites for hydroxylation is 1. The van der Waals surface area contributed by atoms with E-state index in [1.807, 2.05) is 13.0 Å². The van der Waals surface area contributed by atoms with Crippen molar-refractivity contribution in [1.29, 1.82) is 0 Å². The Morgan fingerprint density at radius 1 is 1.09 bits per heavy atom. The predicted molar refractivity (Wildman–Crippen MR) is 39.9 cm³/mol. The van der Waals surface area contributed by atoms with E-state index in [2.05, 4.69) is 20.2 Å². The molecular formula is C7H6N4. The van der Waals surface area contributed by atoms with E-state index in [-0.39, 0.29) is 0 Å². The second-order valence-corrected chi connectivity index (χ2v) is 2.25. The number of rotatable bonds is 0. The van der Waals surface area contributed by atoms with Crippen molar-refractivity contribution in [2.75, 3.05) is 0 Å². The highest BCUT2D eigenvalue weighted by Crippen LogP contribution is 2.02. The zero-order chi connectivity index (χ0) is 7.68. The number of hydrogen-bond acceptors (Lipinski definition) is 4. The van der Waals surface area contributed by atoms with Gasteiger partial charge in [-0.1, -0.05) is 0 Å². The molecule has 0 bridgehead atoms. The second-order valence-electron chi connectivity index (χ2n) is 2.25. The fraction of sp³-hybridized carbons (Fsp3) is 0.143. The summed E-state index contributed by atoms with van der Waals surface area (Å²) in [5, 5.41) is 7.71. The van der Waals surface area contributed by atoms with Gasteiger partial charge in [0.15, 0.2) is 5.65 Å². The third kappa shape index (κ3) is 1.02. The molecule has 2 heterocycles. The molecule has 0 aliphatic heterocycles. The van der Waals surface area contributed by atoms with Crippen LogP contribution in [0, 0.1) is 6.92 Å². The number of hydrogen-bond donors (Lipinski definition) is 0. The SMILES string of the molecule is Cc1cc2nccnc2nn1. The molecule has 0 amide bonds. The molecule has 0 N–H and O–H groups in total. The van der Waals surface area contributed by atoms with Crippen LogP contribution in [0.1, 0.15) is 5.69 Å². The summed E-state index contributed by atoms with van der Waals surface area (Å²) in [5.74, 6) is 0. The van der Waals surface area contributed by atoms with E-state index in [9.17, 15) is 0 Å². The molecule has 0 radical (unpaired) electrons. The minimum absolute atomic E-state index is 0.595. The molecule has 4 nitrogen and oxygen atoms in total. The molecule has 0 atom stereocenters. The summed E-state index contributed by atoms with van der Waals surface area (Å²) < 4.78 is 0. The molecule has 2 aromatic rings. The summed E-state index contributed by atoms with van der Waals surface area (Å²) >= 11 is 0. The summed E-state index contributed by atoms with van der Waals surface area (Å²) in [6.07, 6.45) is 3.25. The smallest absolute Gasteiger partial charge is 0.200 e. The molecule has 2 rings (SSSR count). The van der Waals surface area contributed by atoms with Crippen molar-refractivity contribution in [1.82, 2.24) is 20.2 Å². The van der Waals surface area contributed by atoms with Crippen LogP contribution in [0.25, 0.3) is 11.2 Å². The summed E-state index contributed by atoms with van der Waals surface area (Å²) in [5.41, 5.74) is 2.25. The van der Waals surface area contributed by atoms with Crippen molar-refractivity contribution < 1.29 is 0 Å². The second kappa shape index (κ2) is 2.23. The first-order chi connectivity index (χ1) is 5.36. The van der Waals surface area contributed by atoms with Crippen LogP contribution in [0.2, 0.25) is 0 Å². The van der Waals surface area contributed by atoms with E-state index < -0.39 is 0 Å². The van der Waals surface area contributed by atoms with E-state index in [0.717, 1.165) is 11.2 Å². The van der Waals surface area contributed by atoms with Gasteiger partial charge in [0.05, 0.1) is 5.69 Å². The molecular weight excluding hydrogens is 140 g/mol. The molecule has 0 aromatic carbocycles. The Morgan fingerprint density at radius 3 is 2.82 bits per heavy atom. The van der Waals surface area contributed by atoms with Crippen LogP contribution in [-0.2, 0) is 0 Å². The number of fused-ring (bicyclic) bond motifs is 1. The summed E-state index contributed by atoms with van der Waals surface area (Å²) in [6.45, 7) is 1.88. The Bertz CT molecular complexity index is 385. The molecule has 0 fully saturated rings. The van der Waals surface area contributed by atoms with Crippen molar-refractivity contribution in [2.45, 2.75) is 6.92 Å². The van der Waals surface area contributed by atoms with Gasteiger partial charge < -0.3 is 0 Å². The summed E-state index contributed by atoms with van der Waals surface area (Å²) in [7, 11) is 0. The van der Waals surface area contributed by atoms with Crippen LogP contribution in [-0.4, -0.2) is 20.2 Å². The lowest BCUT2D eigenvalue weighted by Gasteiger charge is -1.92. The Labute approximate surface area is 63.3 Å². The fourth-order valence-electron chi connectivity index (χ4n) is 0.873. The highest BCUT2D eigenvalue weighted by Gasteiger charge is 1.95. The monoisotopic (exact) mass is 146 g/mol. The predicted octanol–water partition coefficient (Wildman–Crippen LogP) is 0.728. The third-order valence-electron chi connectivity index (χ3n) is 1.35. The summed E-state index contributed by atoms with van der Waals surface area (Å²) in [4.78, 5) is 8.06. The molecule has 0 spiro atoms. The molecule has 0 aliphatic carbocycles. The quantitative estimate of drug-likeness (QED) is 0.549. The highest BCUT2D eigenvalue weighted by molar-refractivity contribution is 5.68. The Kier molecular flexibility index (Phi) is 1.25. The molecule has 0 unspecified atom stereocenters. The van der Waals surface area contributed by atoms with E-state index in [4.69, 9.17) is 0 Å². The standard InChI is InChI=1S/C7H6N4/c1-5-4-6-7(11-10-5)9-3-2-8-6/h2-4H,1H3. The Balaban J connectivity index is 2.83. The van der Waals surface area contributed by atoms with Gasteiger partial charge in [0, 0.05) is 12.4 Å². The van der Waals surface area contributed by atoms with E-state index in [1.165, 1.54) is 0 Å². The van der Waals surface area contributed by atoms with Gasteiger partial charge in [-0.2, -0.15) is 5.10 Å². The minimum Gasteiger partial charge on any atom is -0.251 e. The lowest BCUT2D eigenvalue weighted by Crippen LogP contribution is -1.91. The molecule has 0 aliphatic rings. The van der Waals surface area contributed by atoms with Crippen molar-refractivity contribution in [3.8, 4) is 0 Å². The zero-order valence-electron chi connectivity index (χ0n) is 6.02. The van der Waals surface area contributed by atoms with Crippen molar-refractivity contribution >= 4 is 11.2 Å². The van der Waals surface area contributed by atoms with Crippen LogP contribution in [0.3, 0.4) is 0 Å². The van der Waals surface area contributed by atoms with Gasteiger partial charge in [-0.3, -0.25) is 4.98 Å². The van der Waals surface area contributed by atoms with E-state index in [0.29, 0.717) is 5.65 Å². The molecule has 4 heteroatoms. The lowest BCUT2D eigenvalue weighted by atomic mass is 10.4. The Hall–Kier alpha value is -1.58. The maximum absolute atomic E-state index is 4.08. The number of aromatic nitrogens is 4. The van der Waals surface area contributed by atoms with Gasteiger partial charge in [0.2, 0.25) is 0 Å². The zero-order valence-corrected chi connectivity index (χ0v) is 6.02. The largest absolute Gasteiger partial charge is 0.251 e. The molecule has 0 saturated carbocycles. The van der Waals surface area contributed by atoms with Gasteiger partial charge in [-0.05, 0) is 13.0 Å². The normalized spacial score (nSPS) is 10.3. The molecule has 0 saturated heterocycles. The van der Waals surface area contributed by atoms with Gasteiger partial charge >= 0.3 is 0 Å². The van der Waals surface area contributed by atoms with Crippen molar-refractivity contribution in [3.63, 3.8) is 0 Å². The van der Waals surface area contributed by atoms with Gasteiger partial charge in [-0.25, -0.2) is 4.98 Å². The van der Waals surface area contributed by atoms with E-state index >= 15 is 0 Å². The van der Waals surface area contributed by atoms with Gasteiger partial charge in [0.1, 0.15) is 5.52 Å². The topological polar surface area (TPSA) is 51.6 Å². The Morgan fingerprint density at radius 2 is 1.91 bits per heavy atom. The number of nitrogens with zero attached hydrogens (tertiary/aromatic N) is 4. The average Bonchev–Trinajstić information content (AvgIpc) is 2.04. The van der Waals surface area contributed by atoms with Gasteiger partial charge in [0.25, 0.3) is 0 Å². The van der Waals surface area contributed by atoms with Crippen LogP contribution < -0.4 is 0 Å². The minimum atomic E-state index is 0.595. The summed E-state index contributed by atoms with van der Waals surface area (Å²) in [6, 6.07) is 1.86. The van der Waals surface area contributed by atoms with Crippen LogP contribution >= 0.6 is 0 Å². The maximum atomic E-state index is 4.08. The highest BCUT2D eigenvalue weighted by atomic mass is 15.1. The third-order valence-corrected chi connectivity index (χ3v) is 1.35. The molecule has 54 valence electrons. The molecule has 2 aromatic heterocycles. The fourth-order valence-corrected chi connectivity index (χ4v) is 0.873. The van der Waals surface area contributed by atoms with Gasteiger partial charge in [-0.15, -0.1) is 5.10 Å².